The van der Waals surface area contributed by atoms with Crippen molar-refractivity contribution < 1.29 is 9.59 Å². The van der Waals surface area contributed by atoms with Crippen LogP contribution in [-0.4, -0.2) is 42.9 Å². The molecular formula is C24H29N3O2. The minimum atomic E-state index is -0.173. The molecule has 0 aliphatic carbocycles. The monoisotopic (exact) mass is 391 g/mol. The van der Waals surface area contributed by atoms with Crippen molar-refractivity contribution in [2.45, 2.75) is 33.1 Å². The van der Waals surface area contributed by atoms with E-state index in [-0.39, 0.29) is 17.7 Å². The van der Waals surface area contributed by atoms with Gasteiger partial charge in [0.2, 0.25) is 5.91 Å². The molecule has 0 aromatic heterocycles. The summed E-state index contributed by atoms with van der Waals surface area (Å²) in [6.07, 6.45) is 2.73. The number of benzene rings is 2. The maximum absolute atomic E-state index is 12.9. The Morgan fingerprint density at radius 3 is 2.66 bits per heavy atom. The van der Waals surface area contributed by atoms with Gasteiger partial charge in [0.1, 0.15) is 0 Å². The fourth-order valence-corrected chi connectivity index (χ4v) is 4.35. The van der Waals surface area contributed by atoms with Crippen molar-refractivity contribution in [2.75, 3.05) is 36.4 Å². The number of nitrogens with zero attached hydrogens (tertiary/aromatic N) is 2. The number of aryl methyl sites for hydroxylation is 1. The number of piperidine rings is 1. The van der Waals surface area contributed by atoms with Gasteiger partial charge in [0, 0.05) is 43.1 Å². The highest BCUT2D eigenvalue weighted by atomic mass is 16.2. The molecule has 0 radical (unpaired) electrons. The first-order valence-electron chi connectivity index (χ1n) is 10.6. The predicted octanol–water partition coefficient (Wildman–Crippen LogP) is 3.87. The summed E-state index contributed by atoms with van der Waals surface area (Å²) >= 11 is 0. The molecule has 2 aliphatic heterocycles. The van der Waals surface area contributed by atoms with Crippen LogP contribution in [0.3, 0.4) is 0 Å². The first kappa shape index (κ1) is 19.5. The first-order chi connectivity index (χ1) is 14.0. The van der Waals surface area contributed by atoms with Crippen molar-refractivity contribution in [3.63, 3.8) is 0 Å². The van der Waals surface area contributed by atoms with Crippen LogP contribution in [-0.2, 0) is 11.2 Å². The minimum Gasteiger partial charge on any atom is -0.371 e. The zero-order valence-electron chi connectivity index (χ0n) is 17.3. The molecule has 4 rings (SSSR count). The van der Waals surface area contributed by atoms with E-state index in [2.05, 4.69) is 29.3 Å². The average Bonchev–Trinajstić information content (AvgIpc) is 3.16. The van der Waals surface area contributed by atoms with Crippen molar-refractivity contribution in [1.29, 1.82) is 0 Å². The van der Waals surface area contributed by atoms with Crippen LogP contribution in [0.25, 0.3) is 0 Å². The van der Waals surface area contributed by atoms with Gasteiger partial charge in [0.05, 0.1) is 5.92 Å². The SMILES string of the molecule is CCN1CCc2ccc(NC(=O)C3CCCN(C(=O)c4ccc(C)cc4)C3)cc21. The van der Waals surface area contributed by atoms with E-state index in [4.69, 9.17) is 0 Å². The molecule has 5 nitrogen and oxygen atoms in total. The van der Waals surface area contributed by atoms with Gasteiger partial charge in [-0.25, -0.2) is 0 Å². The van der Waals surface area contributed by atoms with Crippen LogP contribution in [0.4, 0.5) is 11.4 Å². The van der Waals surface area contributed by atoms with Gasteiger partial charge in [0.15, 0.2) is 0 Å². The Bertz CT molecular complexity index is 907. The number of carbonyl (C=O) groups is 2. The lowest BCUT2D eigenvalue weighted by Gasteiger charge is -2.32. The Hall–Kier alpha value is -2.82. The van der Waals surface area contributed by atoms with Gasteiger partial charge in [-0.1, -0.05) is 23.8 Å². The van der Waals surface area contributed by atoms with Crippen LogP contribution < -0.4 is 10.2 Å². The molecule has 0 spiro atoms. The smallest absolute Gasteiger partial charge is 0.253 e. The quantitative estimate of drug-likeness (QED) is 0.861. The van der Waals surface area contributed by atoms with Crippen molar-refractivity contribution in [3.8, 4) is 0 Å². The highest BCUT2D eigenvalue weighted by Gasteiger charge is 2.29. The average molecular weight is 392 g/mol. The normalized spacial score (nSPS) is 18.5. The van der Waals surface area contributed by atoms with E-state index in [1.54, 1.807) is 0 Å². The van der Waals surface area contributed by atoms with E-state index in [9.17, 15) is 9.59 Å². The number of nitrogens with one attached hydrogen (secondary N) is 1. The van der Waals surface area contributed by atoms with E-state index in [0.717, 1.165) is 43.6 Å². The zero-order chi connectivity index (χ0) is 20.4. The van der Waals surface area contributed by atoms with Crippen LogP contribution in [0.15, 0.2) is 42.5 Å². The molecule has 29 heavy (non-hydrogen) atoms. The maximum Gasteiger partial charge on any atom is 0.253 e. The van der Waals surface area contributed by atoms with Gasteiger partial charge in [-0.3, -0.25) is 9.59 Å². The molecule has 1 N–H and O–H groups in total. The molecule has 2 amide bonds. The number of likely N-dealkylation sites (N-methyl/N-ethyl adjacent to an activating group) is 1. The maximum atomic E-state index is 12.9. The molecule has 2 heterocycles. The molecule has 0 bridgehead atoms. The number of hydrogen-bond acceptors (Lipinski definition) is 3. The lowest BCUT2D eigenvalue weighted by atomic mass is 9.96. The van der Waals surface area contributed by atoms with Gasteiger partial charge in [-0.2, -0.15) is 0 Å². The lowest BCUT2D eigenvalue weighted by Crippen LogP contribution is -2.43. The second kappa shape index (κ2) is 8.27. The Morgan fingerprint density at radius 1 is 1.10 bits per heavy atom. The standard InChI is InChI=1S/C24H29N3O2/c1-3-26-14-12-18-10-11-21(15-22(18)26)25-23(28)20-5-4-13-27(16-20)24(29)19-8-6-17(2)7-9-19/h6-11,15,20H,3-5,12-14,16H2,1-2H3,(H,25,28). The summed E-state index contributed by atoms with van der Waals surface area (Å²) in [6, 6.07) is 13.8. The van der Waals surface area contributed by atoms with E-state index < -0.39 is 0 Å². The van der Waals surface area contributed by atoms with E-state index in [0.29, 0.717) is 18.7 Å². The molecule has 0 saturated carbocycles. The summed E-state index contributed by atoms with van der Waals surface area (Å²) in [7, 11) is 0. The molecule has 2 aromatic rings. The summed E-state index contributed by atoms with van der Waals surface area (Å²) in [5.74, 6) is -0.153. The van der Waals surface area contributed by atoms with Crippen LogP contribution in [0, 0.1) is 12.8 Å². The molecule has 1 fully saturated rings. The molecule has 2 aliphatic rings. The molecular weight excluding hydrogens is 362 g/mol. The Labute approximate surface area is 172 Å². The number of fused-ring (bicyclic) bond motifs is 1. The van der Waals surface area contributed by atoms with Crippen molar-refractivity contribution in [3.05, 3.63) is 59.2 Å². The third kappa shape index (κ3) is 4.14. The number of amides is 2. The molecule has 152 valence electrons. The lowest BCUT2D eigenvalue weighted by molar-refractivity contribution is -0.121. The van der Waals surface area contributed by atoms with Crippen LogP contribution >= 0.6 is 0 Å². The second-order valence-corrected chi connectivity index (χ2v) is 8.12. The third-order valence-electron chi connectivity index (χ3n) is 6.10. The van der Waals surface area contributed by atoms with Gasteiger partial charge in [-0.05, 0) is 62.9 Å². The second-order valence-electron chi connectivity index (χ2n) is 8.12. The Balaban J connectivity index is 1.41. The summed E-state index contributed by atoms with van der Waals surface area (Å²) in [5, 5.41) is 3.09. The number of hydrogen-bond donors (Lipinski definition) is 1. The van der Waals surface area contributed by atoms with Crippen molar-refractivity contribution in [1.82, 2.24) is 4.90 Å². The number of rotatable bonds is 4. The molecule has 5 heteroatoms. The summed E-state index contributed by atoms with van der Waals surface area (Å²) in [6.45, 7) is 7.37. The minimum absolute atomic E-state index is 0.00685. The predicted molar refractivity (Wildman–Crippen MR) is 116 cm³/mol. The summed E-state index contributed by atoms with van der Waals surface area (Å²) in [4.78, 5) is 29.9. The topological polar surface area (TPSA) is 52.7 Å². The highest BCUT2D eigenvalue weighted by Crippen LogP contribution is 2.31. The van der Waals surface area contributed by atoms with E-state index in [1.807, 2.05) is 42.2 Å². The van der Waals surface area contributed by atoms with Crippen LogP contribution in [0.5, 0.6) is 0 Å². The van der Waals surface area contributed by atoms with Crippen molar-refractivity contribution >= 4 is 23.2 Å². The van der Waals surface area contributed by atoms with Gasteiger partial charge in [-0.15, -0.1) is 0 Å². The van der Waals surface area contributed by atoms with E-state index >= 15 is 0 Å². The number of anilines is 2. The van der Waals surface area contributed by atoms with Gasteiger partial charge < -0.3 is 15.1 Å². The molecule has 2 aromatic carbocycles. The van der Waals surface area contributed by atoms with Crippen LogP contribution in [0.2, 0.25) is 0 Å². The van der Waals surface area contributed by atoms with Gasteiger partial charge in [0.25, 0.3) is 5.91 Å². The summed E-state index contributed by atoms with van der Waals surface area (Å²) < 4.78 is 0. The fraction of sp³-hybridized carbons (Fsp3) is 0.417. The van der Waals surface area contributed by atoms with E-state index in [1.165, 1.54) is 11.3 Å². The zero-order valence-corrected chi connectivity index (χ0v) is 17.3. The summed E-state index contributed by atoms with van der Waals surface area (Å²) in [5.41, 5.74) is 5.24. The van der Waals surface area contributed by atoms with Gasteiger partial charge >= 0.3 is 0 Å². The number of carbonyl (C=O) groups excluding carboxylic acids is 2. The third-order valence-corrected chi connectivity index (χ3v) is 6.10. The Morgan fingerprint density at radius 2 is 1.90 bits per heavy atom. The molecule has 1 atom stereocenters. The fourth-order valence-electron chi connectivity index (χ4n) is 4.35. The molecule has 1 saturated heterocycles. The van der Waals surface area contributed by atoms with Crippen LogP contribution in [0.1, 0.15) is 41.3 Å². The Kier molecular flexibility index (Phi) is 5.56. The highest BCUT2D eigenvalue weighted by molar-refractivity contribution is 5.96. The van der Waals surface area contributed by atoms with Crippen molar-refractivity contribution in [2.24, 2.45) is 5.92 Å². The molecule has 1 unspecified atom stereocenters. The largest absolute Gasteiger partial charge is 0.371 e. The first-order valence-corrected chi connectivity index (χ1v) is 10.6. The number of likely N-dealkylation sites (tertiary alicyclic amines) is 1.